The van der Waals surface area contributed by atoms with Gasteiger partial charge < -0.3 is 19.2 Å². The molecule has 1 aromatic rings. The van der Waals surface area contributed by atoms with Gasteiger partial charge >= 0.3 is 13.1 Å². The molecule has 1 fully saturated rings. The predicted molar refractivity (Wildman–Crippen MR) is 93.6 cm³/mol. The zero-order valence-corrected chi connectivity index (χ0v) is 15.9. The van der Waals surface area contributed by atoms with Crippen molar-refractivity contribution in [3.63, 3.8) is 0 Å². The van der Waals surface area contributed by atoms with Crippen molar-refractivity contribution >= 4 is 36.3 Å². The molecule has 1 heterocycles. The fourth-order valence-corrected chi connectivity index (χ4v) is 2.99. The molecular formula is C16H21BCl2O5. The SMILES string of the molecule is COC(=O)CC(B1OC(C)(C)C(C)(C)O1)c1cc(Cl)c(O)c(Cl)c1. The van der Waals surface area contributed by atoms with Crippen molar-refractivity contribution in [1.29, 1.82) is 0 Å². The molecule has 1 atom stereocenters. The van der Waals surface area contributed by atoms with Crippen LogP contribution in [-0.2, 0) is 18.8 Å². The number of halogens is 2. The summed E-state index contributed by atoms with van der Waals surface area (Å²) >= 11 is 12.0. The summed E-state index contributed by atoms with van der Waals surface area (Å²) in [6.45, 7) is 7.72. The zero-order valence-electron chi connectivity index (χ0n) is 14.4. The lowest BCUT2D eigenvalue weighted by atomic mass is 9.66. The fraction of sp³-hybridized carbons (Fsp3) is 0.562. The standard InChI is InChI=1S/C16H21BCl2O5/c1-15(2)16(3,4)24-17(23-15)10(8-13(20)22-5)9-6-11(18)14(21)12(19)7-9/h6-7,10,21H,8H2,1-5H3. The van der Waals surface area contributed by atoms with E-state index in [-0.39, 0.29) is 22.2 Å². The van der Waals surface area contributed by atoms with Gasteiger partial charge in [0.25, 0.3) is 0 Å². The van der Waals surface area contributed by atoms with Crippen LogP contribution < -0.4 is 0 Å². The summed E-state index contributed by atoms with van der Waals surface area (Å²) in [6, 6.07) is 3.11. The molecule has 0 spiro atoms. The van der Waals surface area contributed by atoms with Crippen molar-refractivity contribution in [2.45, 2.75) is 51.1 Å². The molecule has 0 radical (unpaired) electrons. The van der Waals surface area contributed by atoms with Gasteiger partial charge in [0.15, 0.2) is 5.75 Å². The van der Waals surface area contributed by atoms with Crippen LogP contribution in [0.4, 0.5) is 0 Å². The first kappa shape index (κ1) is 19.4. The number of phenols is 1. The molecule has 24 heavy (non-hydrogen) atoms. The topological polar surface area (TPSA) is 65.0 Å². The number of rotatable bonds is 4. The van der Waals surface area contributed by atoms with Crippen molar-refractivity contribution < 1.29 is 23.9 Å². The van der Waals surface area contributed by atoms with Crippen LogP contribution in [-0.4, -0.2) is 36.5 Å². The molecule has 0 amide bonds. The molecule has 8 heteroatoms. The molecule has 2 rings (SSSR count). The Morgan fingerprint density at radius 2 is 1.67 bits per heavy atom. The van der Waals surface area contributed by atoms with Crippen LogP contribution in [0, 0.1) is 0 Å². The Bertz CT molecular complexity index is 608. The van der Waals surface area contributed by atoms with Crippen molar-refractivity contribution in [3.8, 4) is 5.75 Å². The van der Waals surface area contributed by atoms with E-state index >= 15 is 0 Å². The number of phenolic OH excluding ortho intramolecular Hbond substituents is 1. The second-order valence-corrected chi connectivity index (χ2v) is 7.66. The largest absolute Gasteiger partial charge is 0.505 e. The second kappa shape index (κ2) is 6.75. The first-order chi connectivity index (χ1) is 11.0. The van der Waals surface area contributed by atoms with Gasteiger partial charge in [-0.2, -0.15) is 0 Å². The van der Waals surface area contributed by atoms with E-state index in [1.54, 1.807) is 12.1 Å². The summed E-state index contributed by atoms with van der Waals surface area (Å²) in [6.07, 6.45) is 0.0325. The molecule has 1 aliphatic rings. The summed E-state index contributed by atoms with van der Waals surface area (Å²) in [5.41, 5.74) is -0.459. The Hall–Kier alpha value is -0.945. The quantitative estimate of drug-likeness (QED) is 0.637. The van der Waals surface area contributed by atoms with Crippen LogP contribution >= 0.6 is 23.2 Å². The first-order valence-electron chi connectivity index (χ1n) is 7.59. The summed E-state index contributed by atoms with van der Waals surface area (Å²) in [4.78, 5) is 11.9. The molecular weight excluding hydrogens is 354 g/mol. The minimum Gasteiger partial charge on any atom is -0.505 e. The second-order valence-electron chi connectivity index (χ2n) is 6.84. The zero-order chi connectivity index (χ0) is 18.3. The van der Waals surface area contributed by atoms with E-state index in [0.717, 1.165) is 0 Å². The Labute approximate surface area is 152 Å². The van der Waals surface area contributed by atoms with Crippen LogP contribution in [0.15, 0.2) is 12.1 Å². The molecule has 1 saturated heterocycles. The minimum absolute atomic E-state index is 0.0325. The van der Waals surface area contributed by atoms with E-state index in [1.165, 1.54) is 7.11 Å². The summed E-state index contributed by atoms with van der Waals surface area (Å²) in [5, 5.41) is 9.96. The van der Waals surface area contributed by atoms with Gasteiger partial charge in [-0.3, -0.25) is 4.79 Å². The van der Waals surface area contributed by atoms with Gasteiger partial charge in [-0.15, -0.1) is 0 Å². The van der Waals surface area contributed by atoms with Gasteiger partial charge in [-0.25, -0.2) is 0 Å². The van der Waals surface area contributed by atoms with E-state index in [0.29, 0.717) is 5.56 Å². The highest BCUT2D eigenvalue weighted by molar-refractivity contribution is 6.48. The number of benzene rings is 1. The maximum absolute atomic E-state index is 11.9. The highest BCUT2D eigenvalue weighted by Gasteiger charge is 2.54. The van der Waals surface area contributed by atoms with E-state index in [2.05, 4.69) is 0 Å². The molecule has 0 aromatic heterocycles. The van der Waals surface area contributed by atoms with Gasteiger partial charge in [0.1, 0.15) is 0 Å². The monoisotopic (exact) mass is 374 g/mol. The maximum atomic E-state index is 11.9. The summed E-state index contributed by atoms with van der Waals surface area (Å²) < 4.78 is 16.9. The van der Waals surface area contributed by atoms with Crippen molar-refractivity contribution in [2.75, 3.05) is 7.11 Å². The average molecular weight is 375 g/mol. The molecule has 0 bridgehead atoms. The predicted octanol–water partition coefficient (Wildman–Crippen LogP) is 3.98. The number of aromatic hydroxyl groups is 1. The Balaban J connectivity index is 2.42. The van der Waals surface area contributed by atoms with Crippen LogP contribution in [0.5, 0.6) is 5.75 Å². The number of ether oxygens (including phenoxy) is 1. The third-order valence-electron chi connectivity index (χ3n) is 4.68. The number of esters is 1. The summed E-state index contributed by atoms with van der Waals surface area (Å²) in [5.74, 6) is -1.09. The van der Waals surface area contributed by atoms with Crippen LogP contribution in [0.25, 0.3) is 0 Å². The van der Waals surface area contributed by atoms with E-state index in [1.807, 2.05) is 27.7 Å². The Morgan fingerprint density at radius 1 is 1.21 bits per heavy atom. The van der Waals surface area contributed by atoms with E-state index < -0.39 is 30.1 Å². The van der Waals surface area contributed by atoms with Gasteiger partial charge in [0, 0.05) is 5.82 Å². The number of hydrogen-bond donors (Lipinski definition) is 1. The van der Waals surface area contributed by atoms with E-state index in [4.69, 9.17) is 37.2 Å². The summed E-state index contributed by atoms with van der Waals surface area (Å²) in [7, 11) is 0.645. The van der Waals surface area contributed by atoms with Gasteiger partial charge in [-0.05, 0) is 45.4 Å². The van der Waals surface area contributed by atoms with Crippen molar-refractivity contribution in [2.24, 2.45) is 0 Å². The first-order valence-corrected chi connectivity index (χ1v) is 8.34. The van der Waals surface area contributed by atoms with Crippen LogP contribution in [0.2, 0.25) is 10.0 Å². The highest BCUT2D eigenvalue weighted by Crippen LogP contribution is 2.43. The lowest BCUT2D eigenvalue weighted by Gasteiger charge is -2.32. The maximum Gasteiger partial charge on any atom is 0.466 e. The molecule has 0 aliphatic carbocycles. The highest BCUT2D eigenvalue weighted by atomic mass is 35.5. The lowest BCUT2D eigenvalue weighted by Crippen LogP contribution is -2.41. The number of carbonyl (C=O) groups excluding carboxylic acids is 1. The molecule has 1 N–H and O–H groups in total. The third-order valence-corrected chi connectivity index (χ3v) is 5.26. The third kappa shape index (κ3) is 3.67. The van der Waals surface area contributed by atoms with Crippen LogP contribution in [0.3, 0.4) is 0 Å². The fourth-order valence-electron chi connectivity index (χ4n) is 2.49. The lowest BCUT2D eigenvalue weighted by molar-refractivity contribution is -0.140. The molecule has 1 unspecified atom stereocenters. The molecule has 0 saturated carbocycles. The number of methoxy groups -OCH3 is 1. The van der Waals surface area contributed by atoms with Gasteiger partial charge in [0.2, 0.25) is 0 Å². The number of carbonyl (C=O) groups is 1. The van der Waals surface area contributed by atoms with Gasteiger partial charge in [-0.1, -0.05) is 23.2 Å². The molecule has 5 nitrogen and oxygen atoms in total. The average Bonchev–Trinajstić information content (AvgIpc) is 2.69. The molecule has 1 aliphatic heterocycles. The van der Waals surface area contributed by atoms with Crippen molar-refractivity contribution in [1.82, 2.24) is 0 Å². The van der Waals surface area contributed by atoms with Gasteiger partial charge in [0.05, 0.1) is 34.8 Å². The smallest absolute Gasteiger partial charge is 0.466 e. The Morgan fingerprint density at radius 3 is 2.08 bits per heavy atom. The van der Waals surface area contributed by atoms with Crippen LogP contribution in [0.1, 0.15) is 45.5 Å². The van der Waals surface area contributed by atoms with Crippen molar-refractivity contribution in [3.05, 3.63) is 27.7 Å². The minimum atomic E-state index is -0.675. The normalized spacial score (nSPS) is 20.0. The Kier molecular flexibility index (Phi) is 5.45. The molecule has 1 aromatic carbocycles. The number of hydrogen-bond acceptors (Lipinski definition) is 5. The molecule has 132 valence electrons. The van der Waals surface area contributed by atoms with E-state index in [9.17, 15) is 9.90 Å².